The van der Waals surface area contributed by atoms with Crippen molar-refractivity contribution in [3.05, 3.63) is 58.1 Å². The summed E-state index contributed by atoms with van der Waals surface area (Å²) in [6, 6.07) is 9.00. The molecule has 5 heteroatoms. The summed E-state index contributed by atoms with van der Waals surface area (Å²) < 4.78 is 0. The normalized spacial score (nSPS) is 12.5. The Kier molecular flexibility index (Phi) is 5.03. The van der Waals surface area contributed by atoms with Gasteiger partial charge in [-0.3, -0.25) is 4.79 Å². The van der Waals surface area contributed by atoms with Gasteiger partial charge in [0.15, 0.2) is 0 Å². The van der Waals surface area contributed by atoms with Crippen LogP contribution in [-0.2, 0) is 4.79 Å². The molecule has 0 saturated heterocycles. The largest absolute Gasteiger partial charge is 0.394 e. The molecule has 1 aromatic heterocycles. The van der Waals surface area contributed by atoms with Crippen molar-refractivity contribution in [2.45, 2.75) is 13.0 Å². The zero-order valence-electron chi connectivity index (χ0n) is 11.1. The van der Waals surface area contributed by atoms with Crippen LogP contribution in [0.4, 0.5) is 0 Å². The lowest BCUT2D eigenvalue weighted by molar-refractivity contribution is -0.117. The van der Waals surface area contributed by atoms with E-state index in [0.717, 1.165) is 15.4 Å². The average Bonchev–Trinajstić information content (AvgIpc) is 2.89. The standard InChI is InChI=1S/C15H16N2O2S/c1-11-16-9-13(20-11)7-8-15(19)17-14(10-18)12-5-3-2-4-6-12/h2-9,14,18H,10H2,1H3,(H,17,19)/b8-7+/t14-/m1/s1. The molecule has 1 amide bonds. The third-order valence-corrected chi connectivity index (χ3v) is 3.62. The molecule has 0 aliphatic carbocycles. The molecule has 0 aliphatic heterocycles. The number of amides is 1. The second kappa shape index (κ2) is 6.98. The van der Waals surface area contributed by atoms with Crippen LogP contribution in [0.5, 0.6) is 0 Å². The molecule has 0 fully saturated rings. The van der Waals surface area contributed by atoms with Crippen molar-refractivity contribution in [1.29, 1.82) is 0 Å². The molecule has 4 nitrogen and oxygen atoms in total. The number of hydrogen-bond acceptors (Lipinski definition) is 4. The van der Waals surface area contributed by atoms with Gasteiger partial charge in [-0.15, -0.1) is 11.3 Å². The van der Waals surface area contributed by atoms with Gasteiger partial charge < -0.3 is 10.4 Å². The molecule has 1 atom stereocenters. The van der Waals surface area contributed by atoms with Crippen LogP contribution >= 0.6 is 11.3 Å². The monoisotopic (exact) mass is 288 g/mol. The maximum Gasteiger partial charge on any atom is 0.244 e. The minimum absolute atomic E-state index is 0.136. The van der Waals surface area contributed by atoms with Crippen molar-refractivity contribution in [3.8, 4) is 0 Å². The van der Waals surface area contributed by atoms with E-state index in [9.17, 15) is 9.90 Å². The third-order valence-electron chi connectivity index (χ3n) is 2.74. The number of nitrogens with one attached hydrogen (secondary N) is 1. The van der Waals surface area contributed by atoms with Crippen molar-refractivity contribution in [2.24, 2.45) is 0 Å². The van der Waals surface area contributed by atoms with Crippen molar-refractivity contribution in [1.82, 2.24) is 10.3 Å². The van der Waals surface area contributed by atoms with E-state index in [1.54, 1.807) is 12.3 Å². The molecular weight excluding hydrogens is 272 g/mol. The Morgan fingerprint density at radius 1 is 1.45 bits per heavy atom. The highest BCUT2D eigenvalue weighted by Crippen LogP contribution is 2.14. The fraction of sp³-hybridized carbons (Fsp3) is 0.200. The second-order valence-corrected chi connectivity index (χ2v) is 5.54. The highest BCUT2D eigenvalue weighted by molar-refractivity contribution is 7.12. The maximum absolute atomic E-state index is 11.8. The van der Waals surface area contributed by atoms with E-state index in [-0.39, 0.29) is 12.5 Å². The van der Waals surface area contributed by atoms with Crippen LogP contribution in [0.25, 0.3) is 6.08 Å². The topological polar surface area (TPSA) is 62.2 Å². The first-order chi connectivity index (χ1) is 9.69. The molecule has 104 valence electrons. The molecule has 0 bridgehead atoms. The van der Waals surface area contributed by atoms with Crippen LogP contribution in [0.2, 0.25) is 0 Å². The Morgan fingerprint density at radius 2 is 2.20 bits per heavy atom. The van der Waals surface area contributed by atoms with Gasteiger partial charge in [-0.2, -0.15) is 0 Å². The average molecular weight is 288 g/mol. The predicted octanol–water partition coefficient (Wildman–Crippen LogP) is 2.31. The summed E-state index contributed by atoms with van der Waals surface area (Å²) in [4.78, 5) is 16.9. The molecule has 0 aliphatic rings. The van der Waals surface area contributed by atoms with Crippen LogP contribution < -0.4 is 5.32 Å². The predicted molar refractivity (Wildman–Crippen MR) is 80.3 cm³/mol. The smallest absolute Gasteiger partial charge is 0.244 e. The number of nitrogens with zero attached hydrogens (tertiary/aromatic N) is 1. The molecular formula is C15H16N2O2S. The maximum atomic E-state index is 11.8. The van der Waals surface area contributed by atoms with Crippen LogP contribution in [0, 0.1) is 6.92 Å². The van der Waals surface area contributed by atoms with Gasteiger partial charge in [0.25, 0.3) is 0 Å². The highest BCUT2D eigenvalue weighted by atomic mass is 32.1. The fourth-order valence-corrected chi connectivity index (χ4v) is 2.44. The van der Waals surface area contributed by atoms with Crippen molar-refractivity contribution in [3.63, 3.8) is 0 Å². The first kappa shape index (κ1) is 14.4. The summed E-state index contributed by atoms with van der Waals surface area (Å²) in [6.07, 6.45) is 4.91. The number of aromatic nitrogens is 1. The number of benzene rings is 1. The van der Waals surface area contributed by atoms with E-state index in [1.807, 2.05) is 37.3 Å². The molecule has 2 N–H and O–H groups in total. The van der Waals surface area contributed by atoms with Crippen LogP contribution in [-0.4, -0.2) is 22.6 Å². The lowest BCUT2D eigenvalue weighted by Gasteiger charge is -2.15. The first-order valence-corrected chi connectivity index (χ1v) is 7.07. The molecule has 0 unspecified atom stereocenters. The van der Waals surface area contributed by atoms with Gasteiger partial charge in [-0.05, 0) is 18.6 Å². The first-order valence-electron chi connectivity index (χ1n) is 6.26. The van der Waals surface area contributed by atoms with Crippen molar-refractivity contribution in [2.75, 3.05) is 6.61 Å². The number of carbonyl (C=O) groups is 1. The van der Waals surface area contributed by atoms with Crippen LogP contribution in [0.1, 0.15) is 21.5 Å². The van der Waals surface area contributed by atoms with Gasteiger partial charge in [-0.25, -0.2) is 4.98 Å². The molecule has 0 radical (unpaired) electrons. The molecule has 2 rings (SSSR count). The third kappa shape index (κ3) is 4.01. The number of carbonyl (C=O) groups excluding carboxylic acids is 1. The van der Waals surface area contributed by atoms with E-state index < -0.39 is 6.04 Å². The molecule has 2 aromatic rings. The van der Waals surface area contributed by atoms with Crippen molar-refractivity contribution >= 4 is 23.3 Å². The number of hydrogen-bond donors (Lipinski definition) is 2. The SMILES string of the molecule is Cc1ncc(/C=C/C(=O)N[C@H](CO)c2ccccc2)s1. The minimum atomic E-state index is -0.392. The van der Waals surface area contributed by atoms with Gasteiger partial charge in [0.2, 0.25) is 5.91 Å². The van der Waals surface area contributed by atoms with Gasteiger partial charge in [0, 0.05) is 17.2 Å². The summed E-state index contributed by atoms with van der Waals surface area (Å²) >= 11 is 1.52. The summed E-state index contributed by atoms with van der Waals surface area (Å²) in [5, 5.41) is 13.1. The van der Waals surface area contributed by atoms with E-state index in [1.165, 1.54) is 17.4 Å². The zero-order valence-corrected chi connectivity index (χ0v) is 11.9. The fourth-order valence-electron chi connectivity index (χ4n) is 1.75. The zero-order chi connectivity index (χ0) is 14.4. The highest BCUT2D eigenvalue weighted by Gasteiger charge is 2.11. The minimum Gasteiger partial charge on any atom is -0.394 e. The van der Waals surface area contributed by atoms with Gasteiger partial charge >= 0.3 is 0 Å². The lowest BCUT2D eigenvalue weighted by Crippen LogP contribution is -2.29. The Hall–Kier alpha value is -1.98. The number of thiazole rings is 1. The summed E-state index contributed by atoms with van der Waals surface area (Å²) in [7, 11) is 0. The van der Waals surface area contributed by atoms with Gasteiger partial charge in [-0.1, -0.05) is 30.3 Å². The second-order valence-electron chi connectivity index (χ2n) is 4.27. The Balaban J connectivity index is 1.98. The summed E-state index contributed by atoms with van der Waals surface area (Å²) in [5.74, 6) is -0.237. The lowest BCUT2D eigenvalue weighted by atomic mass is 10.1. The Morgan fingerprint density at radius 3 is 2.80 bits per heavy atom. The van der Waals surface area contributed by atoms with Crippen molar-refractivity contribution < 1.29 is 9.90 Å². The van der Waals surface area contributed by atoms with Gasteiger partial charge in [0.1, 0.15) is 0 Å². The summed E-state index contributed by atoms with van der Waals surface area (Å²) in [6.45, 7) is 1.78. The number of rotatable bonds is 5. The molecule has 1 aromatic carbocycles. The molecule has 0 spiro atoms. The van der Waals surface area contributed by atoms with E-state index in [4.69, 9.17) is 0 Å². The van der Waals surface area contributed by atoms with E-state index in [2.05, 4.69) is 10.3 Å². The van der Waals surface area contributed by atoms with E-state index >= 15 is 0 Å². The molecule has 20 heavy (non-hydrogen) atoms. The molecule has 1 heterocycles. The summed E-state index contributed by atoms with van der Waals surface area (Å²) in [5.41, 5.74) is 0.880. The number of aliphatic hydroxyl groups excluding tert-OH is 1. The van der Waals surface area contributed by atoms with Crippen LogP contribution in [0.15, 0.2) is 42.6 Å². The molecule has 0 saturated carbocycles. The number of aliphatic hydroxyl groups is 1. The Bertz CT molecular complexity index is 593. The number of aryl methyl sites for hydroxylation is 1. The quantitative estimate of drug-likeness (QED) is 0.830. The van der Waals surface area contributed by atoms with Crippen LogP contribution in [0.3, 0.4) is 0 Å². The van der Waals surface area contributed by atoms with Gasteiger partial charge in [0.05, 0.1) is 17.7 Å². The Labute approximate surface area is 121 Å². The van der Waals surface area contributed by atoms with E-state index in [0.29, 0.717) is 0 Å².